The first-order valence-electron chi connectivity index (χ1n) is 4.71. The standard InChI is InChI=1S/C9H15ClN4O2/c1-9(2,15)5-14(3)7-11-6(10)12-8(13-7)16-4/h15H,5H2,1-4H3. The van der Waals surface area contributed by atoms with Gasteiger partial charge in [-0.25, -0.2) is 0 Å². The molecule has 0 aliphatic heterocycles. The molecule has 0 aromatic carbocycles. The Labute approximate surface area is 99.3 Å². The molecule has 0 saturated heterocycles. The summed E-state index contributed by atoms with van der Waals surface area (Å²) in [5.41, 5.74) is -0.846. The minimum atomic E-state index is -0.846. The molecule has 0 fully saturated rings. The fourth-order valence-electron chi connectivity index (χ4n) is 1.24. The molecule has 1 N–H and O–H groups in total. The zero-order chi connectivity index (χ0) is 12.3. The quantitative estimate of drug-likeness (QED) is 0.845. The molecule has 1 rings (SSSR count). The second-order valence-electron chi connectivity index (χ2n) is 4.06. The summed E-state index contributed by atoms with van der Waals surface area (Å²) < 4.78 is 4.88. The SMILES string of the molecule is COc1nc(Cl)nc(N(C)CC(C)(C)O)n1. The van der Waals surface area contributed by atoms with Crippen LogP contribution < -0.4 is 9.64 Å². The van der Waals surface area contributed by atoms with Crippen LogP contribution in [-0.4, -0.2) is 46.4 Å². The molecule has 0 atom stereocenters. The van der Waals surface area contributed by atoms with Gasteiger partial charge in [0.25, 0.3) is 0 Å². The summed E-state index contributed by atoms with van der Waals surface area (Å²) in [5, 5.41) is 9.73. The number of aromatic nitrogens is 3. The Morgan fingerprint density at radius 3 is 2.50 bits per heavy atom. The molecule has 0 saturated carbocycles. The number of nitrogens with zero attached hydrogens (tertiary/aromatic N) is 4. The van der Waals surface area contributed by atoms with Crippen LogP contribution in [0.2, 0.25) is 5.28 Å². The first kappa shape index (κ1) is 12.9. The average Bonchev–Trinajstić information content (AvgIpc) is 2.14. The van der Waals surface area contributed by atoms with Crippen LogP contribution in [0, 0.1) is 0 Å². The van der Waals surface area contributed by atoms with Gasteiger partial charge in [0, 0.05) is 13.6 Å². The van der Waals surface area contributed by atoms with Crippen LogP contribution in [0.3, 0.4) is 0 Å². The summed E-state index contributed by atoms with van der Waals surface area (Å²) in [6, 6.07) is 0.151. The third kappa shape index (κ3) is 3.79. The highest BCUT2D eigenvalue weighted by atomic mass is 35.5. The molecule has 0 aliphatic rings. The Balaban J connectivity index is 2.90. The van der Waals surface area contributed by atoms with Crippen LogP contribution in [0.1, 0.15) is 13.8 Å². The van der Waals surface area contributed by atoms with Gasteiger partial charge in [-0.15, -0.1) is 0 Å². The van der Waals surface area contributed by atoms with Crippen molar-refractivity contribution in [1.29, 1.82) is 0 Å². The minimum Gasteiger partial charge on any atom is -0.467 e. The normalized spacial score (nSPS) is 11.4. The fraction of sp³-hybridized carbons (Fsp3) is 0.667. The lowest BCUT2D eigenvalue weighted by atomic mass is 10.1. The molecule has 90 valence electrons. The van der Waals surface area contributed by atoms with Crippen molar-refractivity contribution in [2.24, 2.45) is 0 Å². The van der Waals surface area contributed by atoms with Crippen molar-refractivity contribution in [2.75, 3.05) is 25.6 Å². The molecule has 7 heteroatoms. The van der Waals surface area contributed by atoms with Gasteiger partial charge in [0.15, 0.2) is 0 Å². The number of anilines is 1. The van der Waals surface area contributed by atoms with Crippen molar-refractivity contribution in [3.63, 3.8) is 0 Å². The third-order valence-corrected chi connectivity index (χ3v) is 1.89. The summed E-state index contributed by atoms with van der Waals surface area (Å²) in [6.07, 6.45) is 0. The molecular weight excluding hydrogens is 232 g/mol. The fourth-order valence-corrected chi connectivity index (χ4v) is 1.38. The van der Waals surface area contributed by atoms with Crippen LogP contribution in [0.5, 0.6) is 6.01 Å². The van der Waals surface area contributed by atoms with E-state index in [2.05, 4.69) is 15.0 Å². The summed E-state index contributed by atoms with van der Waals surface area (Å²) in [5.74, 6) is 0.360. The molecule has 1 heterocycles. The van der Waals surface area contributed by atoms with Crippen LogP contribution in [0.4, 0.5) is 5.95 Å². The molecular formula is C9H15ClN4O2. The van der Waals surface area contributed by atoms with E-state index in [0.29, 0.717) is 12.5 Å². The Morgan fingerprint density at radius 2 is 2.00 bits per heavy atom. The Bertz CT molecular complexity index is 367. The van der Waals surface area contributed by atoms with Gasteiger partial charge in [-0.1, -0.05) is 0 Å². The third-order valence-electron chi connectivity index (χ3n) is 1.72. The van der Waals surface area contributed by atoms with Crippen LogP contribution in [0.15, 0.2) is 0 Å². The summed E-state index contributed by atoms with van der Waals surface area (Å²) in [4.78, 5) is 13.4. The van der Waals surface area contributed by atoms with Crippen molar-refractivity contribution in [3.05, 3.63) is 5.28 Å². The molecule has 16 heavy (non-hydrogen) atoms. The second-order valence-corrected chi connectivity index (χ2v) is 4.40. The number of methoxy groups -OCH3 is 1. The topological polar surface area (TPSA) is 71.4 Å². The number of halogens is 1. The van der Waals surface area contributed by atoms with Crippen LogP contribution >= 0.6 is 11.6 Å². The van der Waals surface area contributed by atoms with E-state index in [-0.39, 0.29) is 11.3 Å². The molecule has 0 aliphatic carbocycles. The van der Waals surface area contributed by atoms with E-state index >= 15 is 0 Å². The molecule has 6 nitrogen and oxygen atoms in total. The lowest BCUT2D eigenvalue weighted by molar-refractivity contribution is 0.0882. The first-order valence-corrected chi connectivity index (χ1v) is 5.09. The van der Waals surface area contributed by atoms with Gasteiger partial charge >= 0.3 is 6.01 Å². The largest absolute Gasteiger partial charge is 0.467 e. The van der Waals surface area contributed by atoms with E-state index in [0.717, 1.165) is 0 Å². The summed E-state index contributed by atoms with van der Waals surface area (Å²) in [7, 11) is 3.20. The lowest BCUT2D eigenvalue weighted by Crippen LogP contribution is -2.37. The smallest absolute Gasteiger partial charge is 0.322 e. The number of hydrogen-bond acceptors (Lipinski definition) is 6. The zero-order valence-electron chi connectivity index (χ0n) is 9.73. The predicted molar refractivity (Wildman–Crippen MR) is 61.0 cm³/mol. The van der Waals surface area contributed by atoms with Gasteiger partial charge in [-0.05, 0) is 25.4 Å². The second kappa shape index (κ2) is 4.80. The molecule has 0 bridgehead atoms. The van der Waals surface area contributed by atoms with E-state index in [1.165, 1.54) is 7.11 Å². The molecule has 0 unspecified atom stereocenters. The van der Waals surface area contributed by atoms with Gasteiger partial charge < -0.3 is 14.7 Å². The maximum atomic E-state index is 9.67. The molecule has 0 amide bonds. The van der Waals surface area contributed by atoms with Crippen molar-refractivity contribution < 1.29 is 9.84 Å². The lowest BCUT2D eigenvalue weighted by Gasteiger charge is -2.25. The Hall–Kier alpha value is -1.14. The van der Waals surface area contributed by atoms with Gasteiger partial charge in [0.2, 0.25) is 11.2 Å². The summed E-state index contributed by atoms with van der Waals surface area (Å²) in [6.45, 7) is 3.77. The van der Waals surface area contributed by atoms with Gasteiger partial charge in [0.05, 0.1) is 12.7 Å². The van der Waals surface area contributed by atoms with E-state index in [4.69, 9.17) is 16.3 Å². The number of aliphatic hydroxyl groups is 1. The van der Waals surface area contributed by atoms with E-state index in [1.54, 1.807) is 25.8 Å². The van der Waals surface area contributed by atoms with E-state index in [1.807, 2.05) is 0 Å². The van der Waals surface area contributed by atoms with Crippen molar-refractivity contribution in [1.82, 2.24) is 15.0 Å². The monoisotopic (exact) mass is 246 g/mol. The predicted octanol–water partition coefficient (Wildman–Crippen LogP) is 0.741. The van der Waals surface area contributed by atoms with Crippen molar-refractivity contribution in [2.45, 2.75) is 19.4 Å². The molecule has 1 aromatic heterocycles. The van der Waals surface area contributed by atoms with Gasteiger partial charge in [-0.3, -0.25) is 0 Å². The maximum absolute atomic E-state index is 9.67. The van der Waals surface area contributed by atoms with E-state index < -0.39 is 5.60 Å². The average molecular weight is 247 g/mol. The molecule has 0 spiro atoms. The molecule has 1 aromatic rings. The minimum absolute atomic E-state index is 0.0597. The number of likely N-dealkylation sites (N-methyl/N-ethyl adjacent to an activating group) is 1. The zero-order valence-corrected chi connectivity index (χ0v) is 10.5. The van der Waals surface area contributed by atoms with E-state index in [9.17, 15) is 5.11 Å². The Morgan fingerprint density at radius 1 is 1.38 bits per heavy atom. The number of rotatable bonds is 4. The highest BCUT2D eigenvalue weighted by Gasteiger charge is 2.18. The Kier molecular flexibility index (Phi) is 3.88. The van der Waals surface area contributed by atoms with Crippen molar-refractivity contribution >= 4 is 17.5 Å². The van der Waals surface area contributed by atoms with Crippen LogP contribution in [0.25, 0.3) is 0 Å². The molecule has 0 radical (unpaired) electrons. The summed E-state index contributed by atoms with van der Waals surface area (Å²) >= 11 is 5.71. The highest BCUT2D eigenvalue weighted by molar-refractivity contribution is 6.28. The number of hydrogen-bond donors (Lipinski definition) is 1. The van der Waals surface area contributed by atoms with Gasteiger partial charge in [-0.2, -0.15) is 15.0 Å². The van der Waals surface area contributed by atoms with Gasteiger partial charge in [0.1, 0.15) is 0 Å². The first-order chi connectivity index (χ1) is 7.31. The maximum Gasteiger partial charge on any atom is 0.322 e. The highest BCUT2D eigenvalue weighted by Crippen LogP contribution is 2.15. The van der Waals surface area contributed by atoms with Crippen LogP contribution in [-0.2, 0) is 0 Å². The van der Waals surface area contributed by atoms with Crippen molar-refractivity contribution in [3.8, 4) is 6.01 Å². The number of ether oxygens (including phenoxy) is 1.